The van der Waals surface area contributed by atoms with Gasteiger partial charge in [-0.3, -0.25) is 14.9 Å². The highest BCUT2D eigenvalue weighted by molar-refractivity contribution is 6.05. The maximum atomic E-state index is 13.4. The third-order valence-corrected chi connectivity index (χ3v) is 4.83. The first-order valence-corrected chi connectivity index (χ1v) is 9.06. The summed E-state index contributed by atoms with van der Waals surface area (Å²) in [6.45, 7) is 3.30. The molecule has 1 heterocycles. The van der Waals surface area contributed by atoms with E-state index >= 15 is 0 Å². The zero-order chi connectivity index (χ0) is 19.4. The summed E-state index contributed by atoms with van der Waals surface area (Å²) in [5.74, 6) is -0.965. The molecule has 1 N–H and O–H groups in total. The van der Waals surface area contributed by atoms with Crippen LogP contribution in [0.5, 0.6) is 0 Å². The Morgan fingerprint density at radius 2 is 1.81 bits per heavy atom. The molecule has 2 aromatic carbocycles. The van der Waals surface area contributed by atoms with Gasteiger partial charge in [0.2, 0.25) is 0 Å². The molecule has 1 amide bonds. The standard InChI is InChI=1S/C20H22FN3O3/c1-14-6-8-16(21)13-17(14)22-20(25)15-7-9-18(19(12-15)24(26)27)23-10-4-2-3-5-11-23/h6-9,12-13H,2-5,10-11H2,1H3,(H,22,25). The molecular formula is C20H22FN3O3. The Balaban J connectivity index is 1.87. The van der Waals surface area contributed by atoms with E-state index in [9.17, 15) is 19.3 Å². The lowest BCUT2D eigenvalue weighted by Crippen LogP contribution is -2.25. The van der Waals surface area contributed by atoms with Gasteiger partial charge in [-0.2, -0.15) is 0 Å². The number of carbonyl (C=O) groups is 1. The van der Waals surface area contributed by atoms with Gasteiger partial charge in [0.25, 0.3) is 11.6 Å². The first-order valence-electron chi connectivity index (χ1n) is 9.06. The molecule has 1 fully saturated rings. The summed E-state index contributed by atoms with van der Waals surface area (Å²) in [5, 5.41) is 14.2. The molecule has 7 heteroatoms. The van der Waals surface area contributed by atoms with E-state index in [4.69, 9.17) is 0 Å². The van der Waals surface area contributed by atoms with Gasteiger partial charge < -0.3 is 10.2 Å². The maximum absolute atomic E-state index is 13.4. The Hall–Kier alpha value is -2.96. The molecule has 2 aromatic rings. The molecule has 0 radical (unpaired) electrons. The van der Waals surface area contributed by atoms with Crippen molar-refractivity contribution in [1.82, 2.24) is 0 Å². The van der Waals surface area contributed by atoms with E-state index in [1.54, 1.807) is 25.1 Å². The SMILES string of the molecule is Cc1ccc(F)cc1NC(=O)c1ccc(N2CCCCCC2)c([N+](=O)[O-])c1. The molecule has 1 aliphatic heterocycles. The van der Waals surface area contributed by atoms with Gasteiger partial charge in [0, 0.05) is 30.4 Å². The molecule has 0 aromatic heterocycles. The van der Waals surface area contributed by atoms with Crippen molar-refractivity contribution in [2.45, 2.75) is 32.6 Å². The first-order chi connectivity index (χ1) is 13.0. The van der Waals surface area contributed by atoms with Crippen LogP contribution in [0.3, 0.4) is 0 Å². The molecule has 0 atom stereocenters. The van der Waals surface area contributed by atoms with Crippen molar-refractivity contribution in [3.63, 3.8) is 0 Å². The number of nitro benzene ring substituents is 1. The van der Waals surface area contributed by atoms with E-state index in [0.717, 1.165) is 38.8 Å². The summed E-state index contributed by atoms with van der Waals surface area (Å²) >= 11 is 0. The number of halogens is 1. The highest BCUT2D eigenvalue weighted by Crippen LogP contribution is 2.31. The van der Waals surface area contributed by atoms with Crippen molar-refractivity contribution in [3.05, 3.63) is 63.5 Å². The number of aryl methyl sites for hydroxylation is 1. The minimum Gasteiger partial charge on any atom is -0.366 e. The second kappa shape index (κ2) is 8.16. The maximum Gasteiger partial charge on any atom is 0.293 e. The lowest BCUT2D eigenvalue weighted by Gasteiger charge is -2.22. The minimum absolute atomic E-state index is 0.0829. The summed E-state index contributed by atoms with van der Waals surface area (Å²) in [6.07, 6.45) is 4.24. The third-order valence-electron chi connectivity index (χ3n) is 4.83. The summed E-state index contributed by atoms with van der Waals surface area (Å²) in [6, 6.07) is 8.62. The van der Waals surface area contributed by atoms with Crippen molar-refractivity contribution in [2.75, 3.05) is 23.3 Å². The molecule has 0 saturated carbocycles. The number of nitrogens with one attached hydrogen (secondary N) is 1. The fourth-order valence-corrected chi connectivity index (χ4v) is 3.31. The molecule has 3 rings (SSSR count). The Kier molecular flexibility index (Phi) is 5.69. The predicted octanol–water partition coefficient (Wildman–Crippen LogP) is 4.68. The second-order valence-electron chi connectivity index (χ2n) is 6.78. The predicted molar refractivity (Wildman–Crippen MR) is 103 cm³/mol. The summed E-state index contributed by atoms with van der Waals surface area (Å²) in [5.41, 5.74) is 1.68. The van der Waals surface area contributed by atoms with Crippen molar-refractivity contribution in [2.24, 2.45) is 0 Å². The lowest BCUT2D eigenvalue weighted by molar-refractivity contribution is -0.384. The fraction of sp³-hybridized carbons (Fsp3) is 0.350. The summed E-state index contributed by atoms with van der Waals surface area (Å²) < 4.78 is 13.4. The number of benzene rings is 2. The van der Waals surface area contributed by atoms with E-state index < -0.39 is 16.6 Å². The number of nitro groups is 1. The Morgan fingerprint density at radius 3 is 2.48 bits per heavy atom. The Morgan fingerprint density at radius 1 is 1.11 bits per heavy atom. The number of amides is 1. The molecule has 1 aliphatic rings. The van der Waals surface area contributed by atoms with Crippen LogP contribution >= 0.6 is 0 Å². The van der Waals surface area contributed by atoms with Crippen molar-refractivity contribution in [3.8, 4) is 0 Å². The fourth-order valence-electron chi connectivity index (χ4n) is 3.31. The number of nitrogens with zero attached hydrogens (tertiary/aromatic N) is 2. The van der Waals surface area contributed by atoms with Crippen LogP contribution in [0.2, 0.25) is 0 Å². The van der Waals surface area contributed by atoms with E-state index in [-0.39, 0.29) is 11.3 Å². The zero-order valence-electron chi connectivity index (χ0n) is 15.2. The van der Waals surface area contributed by atoms with Gasteiger partial charge in [0.05, 0.1) is 4.92 Å². The van der Waals surface area contributed by atoms with E-state index in [1.807, 2.05) is 4.90 Å². The molecule has 27 heavy (non-hydrogen) atoms. The Labute approximate surface area is 157 Å². The zero-order valence-corrected chi connectivity index (χ0v) is 15.2. The molecule has 6 nitrogen and oxygen atoms in total. The van der Waals surface area contributed by atoms with Gasteiger partial charge in [0.1, 0.15) is 11.5 Å². The number of rotatable bonds is 4. The van der Waals surface area contributed by atoms with Crippen molar-refractivity contribution in [1.29, 1.82) is 0 Å². The smallest absolute Gasteiger partial charge is 0.293 e. The highest BCUT2D eigenvalue weighted by atomic mass is 19.1. The van der Waals surface area contributed by atoms with Crippen LogP contribution < -0.4 is 10.2 Å². The quantitative estimate of drug-likeness (QED) is 0.626. The van der Waals surface area contributed by atoms with Crippen LogP contribution in [0.15, 0.2) is 36.4 Å². The normalized spacial score (nSPS) is 14.5. The van der Waals surface area contributed by atoms with Crippen LogP contribution in [0.1, 0.15) is 41.6 Å². The molecule has 0 aliphatic carbocycles. The molecule has 1 saturated heterocycles. The first kappa shape index (κ1) is 18.8. The van der Waals surface area contributed by atoms with Gasteiger partial charge >= 0.3 is 0 Å². The van der Waals surface area contributed by atoms with Gasteiger partial charge in [-0.15, -0.1) is 0 Å². The lowest BCUT2D eigenvalue weighted by atomic mass is 10.1. The van der Waals surface area contributed by atoms with E-state index in [2.05, 4.69) is 5.32 Å². The molecule has 0 spiro atoms. The van der Waals surface area contributed by atoms with Gasteiger partial charge in [-0.25, -0.2) is 4.39 Å². The van der Waals surface area contributed by atoms with E-state index in [0.29, 0.717) is 16.9 Å². The van der Waals surface area contributed by atoms with Crippen LogP contribution in [0, 0.1) is 22.9 Å². The number of hydrogen-bond acceptors (Lipinski definition) is 4. The monoisotopic (exact) mass is 371 g/mol. The van der Waals surface area contributed by atoms with Crippen molar-refractivity contribution >= 4 is 23.0 Å². The van der Waals surface area contributed by atoms with Gasteiger partial charge in [-0.1, -0.05) is 18.9 Å². The van der Waals surface area contributed by atoms with Crippen LogP contribution in [0.4, 0.5) is 21.5 Å². The summed E-state index contributed by atoms with van der Waals surface area (Å²) in [7, 11) is 0. The van der Waals surface area contributed by atoms with Crippen molar-refractivity contribution < 1.29 is 14.1 Å². The average molecular weight is 371 g/mol. The second-order valence-corrected chi connectivity index (χ2v) is 6.78. The summed E-state index contributed by atoms with van der Waals surface area (Å²) in [4.78, 5) is 25.7. The largest absolute Gasteiger partial charge is 0.366 e. The molecular weight excluding hydrogens is 349 g/mol. The molecule has 0 bridgehead atoms. The minimum atomic E-state index is -0.505. The number of hydrogen-bond donors (Lipinski definition) is 1. The van der Waals surface area contributed by atoms with Crippen LogP contribution in [-0.4, -0.2) is 23.9 Å². The Bertz CT molecular complexity index is 862. The third kappa shape index (κ3) is 4.42. The number of carbonyl (C=O) groups excluding carboxylic acids is 1. The van der Waals surface area contributed by atoms with Crippen LogP contribution in [-0.2, 0) is 0 Å². The molecule has 142 valence electrons. The van der Waals surface area contributed by atoms with E-state index in [1.165, 1.54) is 18.2 Å². The average Bonchev–Trinajstić information content (AvgIpc) is 2.93. The number of anilines is 2. The topological polar surface area (TPSA) is 75.5 Å². The van der Waals surface area contributed by atoms with Gasteiger partial charge in [0.15, 0.2) is 0 Å². The highest BCUT2D eigenvalue weighted by Gasteiger charge is 2.23. The molecule has 0 unspecified atom stereocenters. The van der Waals surface area contributed by atoms with Crippen LogP contribution in [0.25, 0.3) is 0 Å². The van der Waals surface area contributed by atoms with Gasteiger partial charge in [-0.05, 0) is 49.6 Å².